The highest BCUT2D eigenvalue weighted by Crippen LogP contribution is 2.41. The fraction of sp³-hybridized carbons (Fsp3) is 0.526. The molecule has 1 aliphatic rings. The van der Waals surface area contributed by atoms with Crippen molar-refractivity contribution >= 4 is 16.1 Å². The molecule has 1 heterocycles. The van der Waals surface area contributed by atoms with Crippen LogP contribution < -0.4 is 0 Å². The zero-order valence-corrected chi connectivity index (χ0v) is 16.4. The molecule has 1 aromatic carbocycles. The molecule has 0 N–H and O–H groups in total. The topological polar surface area (TPSA) is 78.9 Å². The molecule has 1 aliphatic heterocycles. The fourth-order valence-corrected chi connectivity index (χ4v) is 4.11. The highest BCUT2D eigenvalue weighted by Gasteiger charge is 2.52. The van der Waals surface area contributed by atoms with Crippen LogP contribution in [0.4, 0.5) is 0 Å². The van der Waals surface area contributed by atoms with Gasteiger partial charge in [-0.05, 0) is 19.1 Å². The first kappa shape index (κ1) is 20.6. The summed E-state index contributed by atoms with van der Waals surface area (Å²) >= 11 is 0. The summed E-state index contributed by atoms with van der Waals surface area (Å²) in [6, 6.07) is 6.44. The van der Waals surface area contributed by atoms with E-state index in [0.717, 1.165) is 5.56 Å². The third-order valence-corrected chi connectivity index (χ3v) is 6.31. The number of carbonyl (C=O) groups is 1. The molecule has 1 fully saturated rings. The normalized spacial score (nSPS) is 27.1. The lowest BCUT2D eigenvalue weighted by molar-refractivity contribution is -0.147. The van der Waals surface area contributed by atoms with Gasteiger partial charge in [0, 0.05) is 18.8 Å². The van der Waals surface area contributed by atoms with Crippen molar-refractivity contribution < 1.29 is 26.9 Å². The molecule has 1 aromatic rings. The molecule has 0 aromatic heterocycles. The van der Waals surface area contributed by atoms with Gasteiger partial charge in [-0.2, -0.15) is 8.42 Å². The maximum Gasteiger partial charge on any atom is 0.302 e. The van der Waals surface area contributed by atoms with Crippen molar-refractivity contribution in [2.75, 3.05) is 13.2 Å². The predicted molar refractivity (Wildman–Crippen MR) is 97.1 cm³/mol. The number of rotatable bonds is 7. The van der Waals surface area contributed by atoms with Crippen LogP contribution in [0.25, 0.3) is 0 Å². The molecule has 26 heavy (non-hydrogen) atoms. The van der Waals surface area contributed by atoms with Crippen molar-refractivity contribution in [1.29, 1.82) is 0 Å². The van der Waals surface area contributed by atoms with Crippen molar-refractivity contribution in [3.8, 4) is 0 Å². The minimum atomic E-state index is -3.93. The number of ether oxygens (including phenoxy) is 2. The summed E-state index contributed by atoms with van der Waals surface area (Å²) in [4.78, 5) is 11.4. The second-order valence-electron chi connectivity index (χ2n) is 6.76. The smallest absolute Gasteiger partial charge is 0.302 e. The molecule has 144 valence electrons. The zero-order chi connectivity index (χ0) is 19.5. The standard InChI is InChI=1S/C19H26O6S/c1-6-14(3)19(15(4)18(11-23-19)25-16(5)20)12-24-26(21,22)17-9-7-13(2)8-10-17/h6-10,14-15,18H,1,11-12H2,2-5H3/t14-,15-,18-,19+/m0/s1. The Balaban J connectivity index is 2.22. The molecule has 0 spiro atoms. The van der Waals surface area contributed by atoms with Crippen molar-refractivity contribution in [3.63, 3.8) is 0 Å². The Morgan fingerprint density at radius 3 is 2.58 bits per heavy atom. The average Bonchev–Trinajstić information content (AvgIpc) is 2.90. The Morgan fingerprint density at radius 1 is 1.42 bits per heavy atom. The van der Waals surface area contributed by atoms with E-state index in [1.165, 1.54) is 19.1 Å². The third kappa shape index (κ3) is 4.16. The number of benzene rings is 1. The average molecular weight is 382 g/mol. The summed E-state index contributed by atoms with van der Waals surface area (Å²) in [5, 5.41) is 0. The van der Waals surface area contributed by atoms with Gasteiger partial charge in [-0.15, -0.1) is 6.58 Å². The van der Waals surface area contributed by atoms with Crippen molar-refractivity contribution in [3.05, 3.63) is 42.5 Å². The van der Waals surface area contributed by atoms with Crippen LogP contribution in [0.3, 0.4) is 0 Å². The van der Waals surface area contributed by atoms with Gasteiger partial charge in [0.25, 0.3) is 10.1 Å². The first-order chi connectivity index (χ1) is 12.1. The lowest BCUT2D eigenvalue weighted by Gasteiger charge is -2.36. The molecular formula is C19H26O6S. The van der Waals surface area contributed by atoms with Crippen LogP contribution >= 0.6 is 0 Å². The Labute approximate surface area is 155 Å². The van der Waals surface area contributed by atoms with Crippen molar-refractivity contribution in [2.45, 2.75) is 44.3 Å². The first-order valence-corrected chi connectivity index (χ1v) is 9.93. The molecule has 6 nitrogen and oxygen atoms in total. The van der Waals surface area contributed by atoms with Crippen molar-refractivity contribution in [2.24, 2.45) is 11.8 Å². The molecule has 0 saturated carbocycles. The van der Waals surface area contributed by atoms with E-state index in [9.17, 15) is 13.2 Å². The van der Waals surface area contributed by atoms with Gasteiger partial charge in [0.2, 0.25) is 0 Å². The van der Waals surface area contributed by atoms with E-state index in [2.05, 4.69) is 6.58 Å². The molecule has 2 rings (SSSR count). The molecule has 7 heteroatoms. The van der Waals surface area contributed by atoms with E-state index < -0.39 is 27.8 Å². The van der Waals surface area contributed by atoms with Crippen LogP contribution in [-0.4, -0.2) is 39.3 Å². The highest BCUT2D eigenvalue weighted by atomic mass is 32.2. The number of aryl methyl sites for hydroxylation is 1. The fourth-order valence-electron chi connectivity index (χ4n) is 3.17. The van der Waals surface area contributed by atoms with Gasteiger partial charge in [-0.1, -0.05) is 37.6 Å². The summed E-state index contributed by atoms with van der Waals surface area (Å²) in [7, 11) is -3.93. The Kier molecular flexibility index (Phi) is 6.26. The monoisotopic (exact) mass is 382 g/mol. The summed E-state index contributed by atoms with van der Waals surface area (Å²) in [5.41, 5.74) is 0.0114. The number of hydrogen-bond acceptors (Lipinski definition) is 6. The SMILES string of the molecule is C=C[C@H](C)[C@@]1(COS(=O)(=O)c2ccc(C)cc2)OC[C@H](OC(C)=O)[C@@H]1C. The largest absolute Gasteiger partial charge is 0.460 e. The van der Waals surface area contributed by atoms with Crippen LogP contribution in [0.1, 0.15) is 26.3 Å². The van der Waals surface area contributed by atoms with Gasteiger partial charge in [0.15, 0.2) is 0 Å². The Morgan fingerprint density at radius 2 is 2.04 bits per heavy atom. The van der Waals surface area contributed by atoms with Gasteiger partial charge >= 0.3 is 5.97 Å². The number of esters is 1. The Bertz CT molecular complexity index is 755. The first-order valence-electron chi connectivity index (χ1n) is 8.52. The maximum atomic E-state index is 12.5. The molecular weight excluding hydrogens is 356 g/mol. The van der Waals surface area contributed by atoms with Gasteiger partial charge in [-0.25, -0.2) is 0 Å². The lowest BCUT2D eigenvalue weighted by atomic mass is 9.78. The van der Waals surface area contributed by atoms with Crippen LogP contribution in [0, 0.1) is 18.8 Å². The summed E-state index contributed by atoms with van der Waals surface area (Å²) in [5.74, 6) is -0.861. The predicted octanol–water partition coefficient (Wildman–Crippen LogP) is 2.86. The van der Waals surface area contributed by atoms with E-state index in [1.54, 1.807) is 18.2 Å². The molecule has 0 bridgehead atoms. The molecule has 4 atom stereocenters. The molecule has 0 radical (unpaired) electrons. The van der Waals surface area contributed by atoms with Crippen LogP contribution in [0.5, 0.6) is 0 Å². The zero-order valence-electron chi connectivity index (χ0n) is 15.6. The van der Waals surface area contributed by atoms with Crippen molar-refractivity contribution in [1.82, 2.24) is 0 Å². The lowest BCUT2D eigenvalue weighted by Crippen LogP contribution is -2.47. The van der Waals surface area contributed by atoms with Gasteiger partial charge in [0.1, 0.15) is 11.7 Å². The number of carbonyl (C=O) groups excluding carboxylic acids is 1. The summed E-state index contributed by atoms with van der Waals surface area (Å²) in [6.07, 6.45) is 1.23. The van der Waals surface area contributed by atoms with Gasteiger partial charge in [-0.3, -0.25) is 8.98 Å². The highest BCUT2D eigenvalue weighted by molar-refractivity contribution is 7.86. The van der Waals surface area contributed by atoms with Crippen LogP contribution in [0.15, 0.2) is 41.8 Å². The molecule has 0 amide bonds. The van der Waals surface area contributed by atoms with Gasteiger partial charge in [0.05, 0.1) is 18.1 Å². The molecule has 1 saturated heterocycles. The van der Waals surface area contributed by atoms with Crippen LogP contribution in [0.2, 0.25) is 0 Å². The van der Waals surface area contributed by atoms with Crippen LogP contribution in [-0.2, 0) is 28.6 Å². The summed E-state index contributed by atoms with van der Waals surface area (Å²) in [6.45, 7) is 10.7. The summed E-state index contributed by atoms with van der Waals surface area (Å²) < 4.78 is 41.6. The van der Waals surface area contributed by atoms with E-state index in [0.29, 0.717) is 0 Å². The van der Waals surface area contributed by atoms with E-state index in [-0.39, 0.29) is 29.9 Å². The minimum Gasteiger partial charge on any atom is -0.460 e. The third-order valence-electron chi connectivity index (χ3n) is 5.04. The minimum absolute atomic E-state index is 0.0895. The Hall–Kier alpha value is -1.70. The number of hydrogen-bond donors (Lipinski definition) is 0. The maximum absolute atomic E-state index is 12.5. The van der Waals surface area contributed by atoms with Gasteiger partial charge < -0.3 is 9.47 Å². The second kappa shape index (κ2) is 7.90. The second-order valence-corrected chi connectivity index (χ2v) is 8.37. The van der Waals surface area contributed by atoms with E-state index in [4.69, 9.17) is 13.7 Å². The van der Waals surface area contributed by atoms with E-state index >= 15 is 0 Å². The van der Waals surface area contributed by atoms with E-state index in [1.807, 2.05) is 20.8 Å². The quantitative estimate of drug-likeness (QED) is 0.410. The molecule has 0 unspecified atom stereocenters. The molecule has 0 aliphatic carbocycles.